The summed E-state index contributed by atoms with van der Waals surface area (Å²) in [4.78, 5) is 17.6. The van der Waals surface area contributed by atoms with Crippen LogP contribution in [0.3, 0.4) is 0 Å². The highest BCUT2D eigenvalue weighted by molar-refractivity contribution is 6.06. The average Bonchev–Trinajstić information content (AvgIpc) is 3.13. The highest BCUT2D eigenvalue weighted by Gasteiger charge is 2.16. The van der Waals surface area contributed by atoms with Gasteiger partial charge < -0.3 is 10.1 Å². The molecule has 1 N–H and O–H groups in total. The smallest absolute Gasteiger partial charge is 0.252 e. The zero-order valence-corrected chi connectivity index (χ0v) is 15.7. The summed E-state index contributed by atoms with van der Waals surface area (Å²) in [5, 5.41) is 7.99. The molecule has 2 aromatic carbocycles. The number of hydrogen-bond donors (Lipinski definition) is 1. The van der Waals surface area contributed by atoms with Crippen LogP contribution < -0.4 is 10.1 Å². The number of nitrogens with one attached hydrogen (secondary N) is 1. The Labute approximate surface area is 162 Å². The minimum absolute atomic E-state index is 0.154. The number of carbonyl (C=O) groups is 1. The molecular formula is C22H20N4O2. The van der Waals surface area contributed by atoms with Crippen LogP contribution in [0.2, 0.25) is 0 Å². The summed E-state index contributed by atoms with van der Waals surface area (Å²) < 4.78 is 6.90. The molecule has 2 aromatic heterocycles. The lowest BCUT2D eigenvalue weighted by Crippen LogP contribution is -2.23. The highest BCUT2D eigenvalue weighted by atomic mass is 16.5. The minimum Gasteiger partial charge on any atom is -0.497 e. The second kappa shape index (κ2) is 7.52. The van der Waals surface area contributed by atoms with E-state index < -0.39 is 0 Å². The standard InChI is InChI=1S/C22H20N4O2/c1-26-21-19(14-24-26)18(22(27)23-13-15-6-4-3-5-7-15)12-20(25-21)16-8-10-17(28-2)11-9-16/h3-12,14H,13H2,1-2H3,(H,23,27). The molecule has 0 radical (unpaired) electrons. The first kappa shape index (κ1) is 17.7. The SMILES string of the molecule is COc1ccc(-c2cc(C(=O)NCc3ccccc3)c3cnn(C)c3n2)cc1. The van der Waals surface area contributed by atoms with Gasteiger partial charge in [0, 0.05) is 19.2 Å². The van der Waals surface area contributed by atoms with Gasteiger partial charge in [0.25, 0.3) is 5.91 Å². The van der Waals surface area contributed by atoms with E-state index in [1.165, 1.54) is 0 Å². The van der Waals surface area contributed by atoms with Crippen molar-refractivity contribution in [2.24, 2.45) is 7.05 Å². The number of amides is 1. The fraction of sp³-hybridized carbons (Fsp3) is 0.136. The van der Waals surface area contributed by atoms with E-state index in [0.29, 0.717) is 23.4 Å². The third-order valence-electron chi connectivity index (χ3n) is 4.63. The van der Waals surface area contributed by atoms with Gasteiger partial charge in [0.05, 0.1) is 30.0 Å². The van der Waals surface area contributed by atoms with Crippen LogP contribution >= 0.6 is 0 Å². The predicted octanol–water partition coefficient (Wildman–Crippen LogP) is 3.57. The van der Waals surface area contributed by atoms with Gasteiger partial charge in [-0.05, 0) is 35.9 Å². The molecule has 0 unspecified atom stereocenters. The maximum Gasteiger partial charge on any atom is 0.252 e. The molecule has 2 heterocycles. The number of carbonyl (C=O) groups excluding carboxylic acids is 1. The Morgan fingerprint density at radius 3 is 2.57 bits per heavy atom. The molecule has 4 aromatic rings. The molecule has 0 aliphatic heterocycles. The maximum absolute atomic E-state index is 12.9. The molecular weight excluding hydrogens is 352 g/mol. The normalized spacial score (nSPS) is 10.8. The van der Waals surface area contributed by atoms with E-state index in [2.05, 4.69) is 10.4 Å². The van der Waals surface area contributed by atoms with E-state index in [0.717, 1.165) is 22.3 Å². The molecule has 140 valence electrons. The molecule has 1 amide bonds. The summed E-state index contributed by atoms with van der Waals surface area (Å²) in [6, 6.07) is 19.2. The average molecular weight is 372 g/mol. The van der Waals surface area contributed by atoms with Gasteiger partial charge in [-0.1, -0.05) is 30.3 Å². The predicted molar refractivity (Wildman–Crippen MR) is 108 cm³/mol. The number of methoxy groups -OCH3 is 1. The molecule has 0 atom stereocenters. The van der Waals surface area contributed by atoms with Gasteiger partial charge in [0.1, 0.15) is 5.75 Å². The number of aryl methyl sites for hydroxylation is 1. The maximum atomic E-state index is 12.9. The Morgan fingerprint density at radius 1 is 1.11 bits per heavy atom. The third-order valence-corrected chi connectivity index (χ3v) is 4.63. The first-order chi connectivity index (χ1) is 13.7. The fourth-order valence-corrected chi connectivity index (χ4v) is 3.09. The van der Waals surface area contributed by atoms with Crippen molar-refractivity contribution in [3.63, 3.8) is 0 Å². The van der Waals surface area contributed by atoms with Crippen molar-refractivity contribution >= 4 is 16.9 Å². The molecule has 0 aliphatic rings. The fourth-order valence-electron chi connectivity index (χ4n) is 3.09. The van der Waals surface area contributed by atoms with Crippen LogP contribution in [0.1, 0.15) is 15.9 Å². The van der Waals surface area contributed by atoms with Crippen molar-refractivity contribution in [3.8, 4) is 17.0 Å². The topological polar surface area (TPSA) is 69.0 Å². The lowest BCUT2D eigenvalue weighted by atomic mass is 10.1. The van der Waals surface area contributed by atoms with Gasteiger partial charge in [0.2, 0.25) is 0 Å². The van der Waals surface area contributed by atoms with Crippen LogP contribution in [-0.4, -0.2) is 27.8 Å². The van der Waals surface area contributed by atoms with Gasteiger partial charge in [-0.25, -0.2) is 4.98 Å². The second-order valence-corrected chi connectivity index (χ2v) is 6.46. The molecule has 0 aliphatic carbocycles. The summed E-state index contributed by atoms with van der Waals surface area (Å²) >= 11 is 0. The molecule has 0 bridgehead atoms. The molecule has 6 heteroatoms. The number of pyridine rings is 1. The monoisotopic (exact) mass is 372 g/mol. The van der Waals surface area contributed by atoms with E-state index in [1.807, 2.05) is 67.7 Å². The molecule has 6 nitrogen and oxygen atoms in total. The van der Waals surface area contributed by atoms with Crippen LogP contribution in [0.4, 0.5) is 0 Å². The Kier molecular flexibility index (Phi) is 4.76. The van der Waals surface area contributed by atoms with Crippen molar-refractivity contribution in [2.45, 2.75) is 6.54 Å². The van der Waals surface area contributed by atoms with Crippen LogP contribution in [0.25, 0.3) is 22.3 Å². The summed E-state index contributed by atoms with van der Waals surface area (Å²) in [6.45, 7) is 0.460. The van der Waals surface area contributed by atoms with Gasteiger partial charge in [-0.15, -0.1) is 0 Å². The zero-order valence-electron chi connectivity index (χ0n) is 15.7. The molecule has 0 fully saturated rings. The number of nitrogens with zero attached hydrogens (tertiary/aromatic N) is 3. The van der Waals surface area contributed by atoms with Gasteiger partial charge in [-0.3, -0.25) is 9.48 Å². The van der Waals surface area contributed by atoms with E-state index in [1.54, 1.807) is 18.0 Å². The number of ether oxygens (including phenoxy) is 1. The van der Waals surface area contributed by atoms with Crippen LogP contribution in [0.5, 0.6) is 5.75 Å². The Hall–Kier alpha value is -3.67. The number of rotatable bonds is 5. The Bertz CT molecular complexity index is 1120. The van der Waals surface area contributed by atoms with Crippen LogP contribution in [0, 0.1) is 0 Å². The zero-order chi connectivity index (χ0) is 19.5. The Balaban J connectivity index is 1.71. The lowest BCUT2D eigenvalue weighted by molar-refractivity contribution is 0.0952. The molecule has 28 heavy (non-hydrogen) atoms. The number of hydrogen-bond acceptors (Lipinski definition) is 4. The van der Waals surface area contributed by atoms with Crippen molar-refractivity contribution in [2.75, 3.05) is 7.11 Å². The minimum atomic E-state index is -0.154. The Morgan fingerprint density at radius 2 is 1.86 bits per heavy atom. The number of aromatic nitrogens is 3. The van der Waals surface area contributed by atoms with Crippen LogP contribution in [0.15, 0.2) is 66.9 Å². The van der Waals surface area contributed by atoms with Gasteiger partial charge >= 0.3 is 0 Å². The first-order valence-electron chi connectivity index (χ1n) is 8.95. The molecule has 0 spiro atoms. The van der Waals surface area contributed by atoms with Gasteiger partial charge in [0.15, 0.2) is 5.65 Å². The lowest BCUT2D eigenvalue weighted by Gasteiger charge is -2.09. The van der Waals surface area contributed by atoms with E-state index in [4.69, 9.17) is 9.72 Å². The largest absolute Gasteiger partial charge is 0.497 e. The summed E-state index contributed by atoms with van der Waals surface area (Å²) in [7, 11) is 3.45. The highest BCUT2D eigenvalue weighted by Crippen LogP contribution is 2.26. The van der Waals surface area contributed by atoms with Crippen molar-refractivity contribution in [1.29, 1.82) is 0 Å². The van der Waals surface area contributed by atoms with Crippen molar-refractivity contribution < 1.29 is 9.53 Å². The number of fused-ring (bicyclic) bond motifs is 1. The van der Waals surface area contributed by atoms with Crippen LogP contribution in [-0.2, 0) is 13.6 Å². The third kappa shape index (κ3) is 3.44. The summed E-state index contributed by atoms with van der Waals surface area (Å²) in [5.74, 6) is 0.616. The quantitative estimate of drug-likeness (QED) is 0.581. The van der Waals surface area contributed by atoms with E-state index in [-0.39, 0.29) is 5.91 Å². The second-order valence-electron chi connectivity index (χ2n) is 6.46. The van der Waals surface area contributed by atoms with Crippen molar-refractivity contribution in [3.05, 3.63) is 78.0 Å². The summed E-state index contributed by atoms with van der Waals surface area (Å²) in [5.41, 5.74) is 3.88. The summed E-state index contributed by atoms with van der Waals surface area (Å²) in [6.07, 6.45) is 1.68. The first-order valence-corrected chi connectivity index (χ1v) is 8.95. The van der Waals surface area contributed by atoms with E-state index in [9.17, 15) is 4.79 Å². The van der Waals surface area contributed by atoms with Gasteiger partial charge in [-0.2, -0.15) is 5.10 Å². The molecule has 0 saturated heterocycles. The molecule has 0 saturated carbocycles. The molecule has 4 rings (SSSR count). The van der Waals surface area contributed by atoms with E-state index >= 15 is 0 Å². The number of benzene rings is 2. The van der Waals surface area contributed by atoms with Crippen molar-refractivity contribution in [1.82, 2.24) is 20.1 Å².